The van der Waals surface area contributed by atoms with Crippen molar-refractivity contribution >= 4 is 16.4 Å². The van der Waals surface area contributed by atoms with Crippen LogP contribution in [0.4, 0.5) is 0 Å². The van der Waals surface area contributed by atoms with E-state index < -0.39 is 59.8 Å². The van der Waals surface area contributed by atoms with E-state index in [-0.39, 0.29) is 19.6 Å². The van der Waals surface area contributed by atoms with Crippen molar-refractivity contribution in [3.8, 4) is 0 Å². The highest BCUT2D eigenvalue weighted by atomic mass is 32.3. The molecule has 6 unspecified atom stereocenters. The molecule has 1 saturated heterocycles. The van der Waals surface area contributed by atoms with Crippen LogP contribution in [0.1, 0.15) is 181 Å². The first-order chi connectivity index (χ1) is 34.1. The zero-order valence-corrected chi connectivity index (χ0v) is 43.8. The van der Waals surface area contributed by atoms with Crippen LogP contribution in [-0.2, 0) is 38.3 Å². The van der Waals surface area contributed by atoms with E-state index in [0.29, 0.717) is 13.0 Å². The van der Waals surface area contributed by atoms with Crippen molar-refractivity contribution in [2.45, 2.75) is 218 Å². The van der Waals surface area contributed by atoms with E-state index in [0.717, 1.165) is 103 Å². The Kier molecular flexibility index (Phi) is 43.3. The van der Waals surface area contributed by atoms with Crippen LogP contribution < -0.4 is 0 Å². The minimum absolute atomic E-state index is 0.000736. The molecule has 0 aromatic carbocycles. The highest BCUT2D eigenvalue weighted by Gasteiger charge is 2.48. The number of aliphatic hydroxyl groups excluding tert-OH is 3. The number of unbranched alkanes of at least 4 members (excludes halogenated alkanes) is 14. The number of carbonyl (C=O) groups excluding carboxylic acids is 1. The molecule has 1 aliphatic heterocycles. The molecule has 6 atom stereocenters. The third-order valence-corrected chi connectivity index (χ3v) is 11.9. The number of allylic oxidation sites excluding steroid dienone is 18. The molecule has 400 valence electrons. The van der Waals surface area contributed by atoms with Crippen LogP contribution in [0, 0.1) is 0 Å². The molecule has 0 amide bonds. The van der Waals surface area contributed by atoms with E-state index in [1.165, 1.54) is 51.4 Å². The average molecular weight is 1000 g/mol. The highest BCUT2D eigenvalue weighted by Crippen LogP contribution is 2.26. The fourth-order valence-corrected chi connectivity index (χ4v) is 7.96. The first-order valence-electron chi connectivity index (χ1n) is 26.6. The van der Waals surface area contributed by atoms with Gasteiger partial charge in [0.05, 0.1) is 19.8 Å². The average Bonchev–Trinajstić information content (AvgIpc) is 3.34. The van der Waals surface area contributed by atoms with Crippen molar-refractivity contribution in [2.24, 2.45) is 0 Å². The minimum Gasteiger partial charge on any atom is -0.457 e. The number of carbonyl (C=O) groups is 1. The van der Waals surface area contributed by atoms with Gasteiger partial charge in [-0.3, -0.25) is 9.35 Å². The molecule has 1 fully saturated rings. The van der Waals surface area contributed by atoms with E-state index >= 15 is 0 Å². The summed E-state index contributed by atoms with van der Waals surface area (Å²) in [7, 11) is -5.08. The monoisotopic (exact) mass is 1000 g/mol. The van der Waals surface area contributed by atoms with Crippen LogP contribution >= 0.6 is 0 Å². The second-order valence-electron chi connectivity index (χ2n) is 17.7. The van der Waals surface area contributed by atoms with E-state index in [4.69, 9.17) is 18.9 Å². The quantitative estimate of drug-likeness (QED) is 0.0197. The summed E-state index contributed by atoms with van der Waals surface area (Å²) in [6.45, 7) is 3.65. The summed E-state index contributed by atoms with van der Waals surface area (Å²) in [6.07, 6.45) is 57.0. The van der Waals surface area contributed by atoms with Crippen molar-refractivity contribution in [3.05, 3.63) is 109 Å². The van der Waals surface area contributed by atoms with E-state index in [9.17, 15) is 33.1 Å². The largest absolute Gasteiger partial charge is 0.457 e. The van der Waals surface area contributed by atoms with Crippen LogP contribution in [0.25, 0.3) is 0 Å². The summed E-state index contributed by atoms with van der Waals surface area (Å²) in [6, 6.07) is 0. The van der Waals surface area contributed by atoms with Crippen LogP contribution in [0.5, 0.6) is 0 Å². The molecule has 13 heteroatoms. The molecule has 1 rings (SSSR count). The van der Waals surface area contributed by atoms with Crippen LogP contribution in [-0.4, -0.2) is 97.5 Å². The molecule has 1 aliphatic rings. The lowest BCUT2D eigenvalue weighted by atomic mass is 9.99. The smallest absolute Gasteiger partial charge is 0.397 e. The number of aliphatic hydroxyl groups is 3. The minimum atomic E-state index is -5.08. The van der Waals surface area contributed by atoms with Crippen molar-refractivity contribution in [1.29, 1.82) is 0 Å². The van der Waals surface area contributed by atoms with Crippen LogP contribution in [0.2, 0.25) is 0 Å². The predicted octanol–water partition coefficient (Wildman–Crippen LogP) is 12.7. The molecule has 0 bridgehead atoms. The van der Waals surface area contributed by atoms with Gasteiger partial charge in [0.25, 0.3) is 0 Å². The van der Waals surface area contributed by atoms with Crippen molar-refractivity contribution in [2.75, 3.05) is 26.4 Å². The van der Waals surface area contributed by atoms with Gasteiger partial charge in [-0.2, -0.15) is 8.42 Å². The van der Waals surface area contributed by atoms with E-state index in [2.05, 4.69) is 127 Å². The summed E-state index contributed by atoms with van der Waals surface area (Å²) in [5.41, 5.74) is 0. The fourth-order valence-electron chi connectivity index (χ4n) is 7.45. The molecule has 0 aromatic rings. The molecule has 1 heterocycles. The maximum Gasteiger partial charge on any atom is 0.397 e. The maximum atomic E-state index is 12.9. The number of rotatable bonds is 45. The van der Waals surface area contributed by atoms with Gasteiger partial charge in [-0.05, 0) is 96.3 Å². The number of ether oxygens (including phenoxy) is 4. The lowest BCUT2D eigenvalue weighted by molar-refractivity contribution is -0.301. The van der Waals surface area contributed by atoms with Crippen LogP contribution in [0.15, 0.2) is 109 Å². The second kappa shape index (κ2) is 46.8. The van der Waals surface area contributed by atoms with E-state index in [1.54, 1.807) is 0 Å². The molecular weight excluding hydrogens is 909 g/mol. The van der Waals surface area contributed by atoms with Gasteiger partial charge in [0.15, 0.2) is 6.29 Å². The zero-order chi connectivity index (χ0) is 51.0. The Labute approximate surface area is 424 Å². The Balaban J connectivity index is 2.36. The highest BCUT2D eigenvalue weighted by molar-refractivity contribution is 7.80. The summed E-state index contributed by atoms with van der Waals surface area (Å²) >= 11 is 0. The third kappa shape index (κ3) is 39.4. The third-order valence-electron chi connectivity index (χ3n) is 11.4. The standard InChI is InChI=1S/C57H94O12S/c1-3-5-7-9-11-13-15-17-19-21-23-24-25-26-27-28-29-30-32-34-36-38-40-42-44-46-53(59)67-51(50-66-57-55(61)56(69-70(62,63)64)54(60)52(48-58)68-57)49-65-47-45-43-41-39-37-35-33-31-22-20-18-16-14-12-10-8-6-4-2/h5-8,11-14,17-20,23-24,31,33,37,39,51-52,54-58,60-61H,3-4,9-10,15-16,21-22,25-30,32,34-36,38,40-50H2,1-2H3,(H,62,63,64)/b7-5-,8-6-,13-11-,14-12-,19-17-,20-18-,24-23-,33-31-,39-37-. The van der Waals surface area contributed by atoms with Gasteiger partial charge < -0.3 is 34.3 Å². The Morgan fingerprint density at radius 3 is 1.37 bits per heavy atom. The number of esters is 1. The first-order valence-corrected chi connectivity index (χ1v) is 28.0. The Morgan fingerprint density at radius 2 is 0.943 bits per heavy atom. The molecule has 0 aliphatic carbocycles. The van der Waals surface area contributed by atoms with Gasteiger partial charge in [0, 0.05) is 13.0 Å². The molecule has 0 spiro atoms. The first kappa shape index (κ1) is 64.8. The summed E-state index contributed by atoms with van der Waals surface area (Å²) in [4.78, 5) is 12.9. The van der Waals surface area contributed by atoms with Crippen molar-refractivity contribution < 1.29 is 56.2 Å². The van der Waals surface area contributed by atoms with Gasteiger partial charge in [-0.1, -0.05) is 187 Å². The lowest BCUT2D eigenvalue weighted by Crippen LogP contribution is -2.60. The molecule has 4 N–H and O–H groups in total. The van der Waals surface area contributed by atoms with Gasteiger partial charge in [-0.15, -0.1) is 0 Å². The molecule has 0 radical (unpaired) electrons. The summed E-state index contributed by atoms with van der Waals surface area (Å²) < 4.78 is 59.2. The molecule has 0 saturated carbocycles. The summed E-state index contributed by atoms with van der Waals surface area (Å²) in [5, 5.41) is 30.8. The summed E-state index contributed by atoms with van der Waals surface area (Å²) in [5.74, 6) is -0.421. The van der Waals surface area contributed by atoms with Crippen LogP contribution in [0.3, 0.4) is 0 Å². The van der Waals surface area contributed by atoms with Gasteiger partial charge in [-0.25, -0.2) is 4.18 Å². The Hall–Kier alpha value is -3.24. The van der Waals surface area contributed by atoms with Gasteiger partial charge in [0.2, 0.25) is 0 Å². The van der Waals surface area contributed by atoms with Crippen molar-refractivity contribution in [1.82, 2.24) is 0 Å². The van der Waals surface area contributed by atoms with Gasteiger partial charge >= 0.3 is 16.4 Å². The van der Waals surface area contributed by atoms with Crippen molar-refractivity contribution in [3.63, 3.8) is 0 Å². The predicted molar refractivity (Wildman–Crippen MR) is 284 cm³/mol. The lowest BCUT2D eigenvalue weighted by Gasteiger charge is -2.41. The number of hydrogen-bond acceptors (Lipinski definition) is 11. The second-order valence-corrected chi connectivity index (χ2v) is 18.7. The Morgan fingerprint density at radius 1 is 0.543 bits per heavy atom. The molecule has 70 heavy (non-hydrogen) atoms. The fraction of sp³-hybridized carbons (Fsp3) is 0.667. The molecular formula is C57H94O12S. The zero-order valence-electron chi connectivity index (χ0n) is 43.0. The SMILES string of the molecule is CC/C=C\C/C=C\C/C=C\C/C=C\C/C=C\CCCCOCC(COC1OC(CO)C(O)C(OS(=O)(=O)O)C1O)OC(=O)CCCCCCCCCCCCCC/C=C\C/C=C\C/C=C\C/C=C\CC. The normalized spacial score (nSPS) is 20.0. The van der Waals surface area contributed by atoms with E-state index in [1.807, 2.05) is 0 Å². The molecule has 0 aromatic heterocycles. The topological polar surface area (TPSA) is 178 Å². The maximum absolute atomic E-state index is 12.9. The Bertz CT molecular complexity index is 1630. The molecule has 12 nitrogen and oxygen atoms in total. The van der Waals surface area contributed by atoms with Gasteiger partial charge in [0.1, 0.15) is 30.5 Å². The number of hydrogen-bond donors (Lipinski definition) is 4.